The molecule has 1 nitrogen and oxygen atoms in total. The van der Waals surface area contributed by atoms with Crippen LogP contribution < -0.4 is 0 Å². The molecule has 0 aliphatic heterocycles. The first-order valence-electron chi connectivity index (χ1n) is 3.72. The molecule has 12 heavy (non-hydrogen) atoms. The zero-order valence-electron chi connectivity index (χ0n) is 6.83. The van der Waals surface area contributed by atoms with E-state index in [2.05, 4.69) is 52.7 Å². The minimum absolute atomic E-state index is 0.511. The van der Waals surface area contributed by atoms with Crippen LogP contribution in [0.25, 0.3) is 9.78 Å². The predicted octanol–water partition coefficient (Wildman–Crippen LogP) is 2.73. The number of alkyl halides is 1. The van der Waals surface area contributed by atoms with Gasteiger partial charge in [0.1, 0.15) is 0 Å². The Bertz CT molecular complexity index is 302. The summed E-state index contributed by atoms with van der Waals surface area (Å²) in [7, 11) is 0. The van der Waals surface area contributed by atoms with Gasteiger partial charge < -0.3 is 0 Å². The fraction of sp³-hybridized carbons (Fsp3) is 0.222. The van der Waals surface area contributed by atoms with E-state index in [9.17, 15) is 0 Å². The molecular weight excluding hydrogens is 328 g/mol. The average Bonchev–Trinajstić information content (AvgIpc) is 2.52. The normalized spacial score (nSPS) is 9.17. The van der Waals surface area contributed by atoms with Crippen molar-refractivity contribution in [3.63, 3.8) is 0 Å². The Balaban J connectivity index is 0.000000213. The molecule has 0 bridgehead atoms. The molecule has 0 atom stereocenters. The minimum atomic E-state index is 0.511. The van der Waals surface area contributed by atoms with E-state index in [0.29, 0.717) is 14.5 Å². The van der Waals surface area contributed by atoms with Gasteiger partial charge in [-0.25, -0.2) is 0 Å². The Morgan fingerprint density at radius 3 is 2.75 bits per heavy atom. The number of halogens is 1. The van der Waals surface area contributed by atoms with Crippen molar-refractivity contribution in [2.24, 2.45) is 0 Å². The molecule has 3 heteroatoms. The van der Waals surface area contributed by atoms with Gasteiger partial charge >= 0.3 is 58.6 Å². The summed E-state index contributed by atoms with van der Waals surface area (Å²) < 4.78 is 2.63. The van der Waals surface area contributed by atoms with Crippen molar-refractivity contribution in [2.45, 2.75) is 6.92 Å². The molecular formula is C9H10INSe. The third-order valence-corrected chi connectivity index (χ3v) is 2.94. The first kappa shape index (κ1) is 10.2. The Labute approximate surface area is 92.1 Å². The maximum absolute atomic E-state index is 4.20. The molecule has 0 saturated heterocycles. The van der Waals surface area contributed by atoms with Gasteiger partial charge in [-0.15, -0.1) is 0 Å². The zero-order valence-corrected chi connectivity index (χ0v) is 10.7. The number of benzene rings is 1. The van der Waals surface area contributed by atoms with Gasteiger partial charge in [0.15, 0.2) is 0 Å². The van der Waals surface area contributed by atoms with E-state index in [-0.39, 0.29) is 0 Å². The fourth-order valence-corrected chi connectivity index (χ4v) is 2.23. The van der Waals surface area contributed by atoms with Crippen LogP contribution in [0.3, 0.4) is 0 Å². The van der Waals surface area contributed by atoms with Crippen molar-refractivity contribution in [1.82, 2.24) is 4.98 Å². The van der Waals surface area contributed by atoms with E-state index in [1.165, 1.54) is 8.69 Å². The molecule has 0 aliphatic rings. The van der Waals surface area contributed by atoms with Crippen molar-refractivity contribution >= 4 is 46.9 Å². The molecule has 0 radical (unpaired) electrons. The number of para-hydroxylation sites is 1. The molecule has 0 spiro atoms. The van der Waals surface area contributed by atoms with Crippen molar-refractivity contribution in [2.75, 3.05) is 4.43 Å². The Morgan fingerprint density at radius 1 is 1.42 bits per heavy atom. The second-order valence-electron chi connectivity index (χ2n) is 2.09. The molecule has 0 saturated carbocycles. The van der Waals surface area contributed by atoms with Gasteiger partial charge in [0.05, 0.1) is 0 Å². The van der Waals surface area contributed by atoms with E-state index in [1.807, 2.05) is 11.1 Å². The van der Waals surface area contributed by atoms with E-state index in [1.54, 1.807) is 0 Å². The predicted molar refractivity (Wildman–Crippen MR) is 63.2 cm³/mol. The van der Waals surface area contributed by atoms with Gasteiger partial charge in [0.25, 0.3) is 0 Å². The van der Waals surface area contributed by atoms with Crippen LogP contribution in [0.4, 0.5) is 0 Å². The van der Waals surface area contributed by atoms with Crippen LogP contribution >= 0.6 is 22.6 Å². The summed E-state index contributed by atoms with van der Waals surface area (Å²) in [5.74, 6) is 0. The summed E-state index contributed by atoms with van der Waals surface area (Å²) in [6.07, 6.45) is 0. The second-order valence-corrected chi connectivity index (χ2v) is 5.47. The quantitative estimate of drug-likeness (QED) is 0.409. The van der Waals surface area contributed by atoms with Crippen LogP contribution in [-0.4, -0.2) is 23.9 Å². The fourth-order valence-electron chi connectivity index (χ4n) is 0.803. The Kier molecular flexibility index (Phi) is 4.88. The third kappa shape index (κ3) is 2.88. The summed E-state index contributed by atoms with van der Waals surface area (Å²) in [5.41, 5.74) is 1.16. The van der Waals surface area contributed by atoms with E-state index in [4.69, 9.17) is 0 Å². The molecule has 0 unspecified atom stereocenters. The number of hydrogen-bond donors (Lipinski definition) is 0. The number of aromatic nitrogens is 1. The topological polar surface area (TPSA) is 12.9 Å². The number of nitrogens with zero attached hydrogens (tertiary/aromatic N) is 1. The first-order valence-corrected chi connectivity index (χ1v) is 7.09. The molecule has 0 amide bonds. The van der Waals surface area contributed by atoms with E-state index >= 15 is 0 Å². The number of fused-ring (bicyclic) bond motifs is 1. The van der Waals surface area contributed by atoms with Crippen molar-refractivity contribution in [3.05, 3.63) is 29.3 Å². The molecule has 2 rings (SSSR count). The Morgan fingerprint density at radius 2 is 2.08 bits per heavy atom. The van der Waals surface area contributed by atoms with Gasteiger partial charge in [-0.2, -0.15) is 0 Å². The van der Waals surface area contributed by atoms with Crippen LogP contribution in [-0.2, 0) is 0 Å². The van der Waals surface area contributed by atoms with Crippen LogP contribution in [0, 0.1) is 0 Å². The van der Waals surface area contributed by atoms with Crippen LogP contribution in [0.2, 0.25) is 0 Å². The molecule has 64 valence electrons. The second kappa shape index (κ2) is 5.73. The third-order valence-electron chi connectivity index (χ3n) is 1.24. The summed E-state index contributed by atoms with van der Waals surface area (Å²) in [5, 5.41) is 2.01. The summed E-state index contributed by atoms with van der Waals surface area (Å²) in [4.78, 5) is 4.20. The molecule has 1 aromatic heterocycles. The molecule has 0 fully saturated rings. The molecule has 1 heterocycles. The van der Waals surface area contributed by atoms with Gasteiger partial charge in [0.2, 0.25) is 0 Å². The van der Waals surface area contributed by atoms with Crippen LogP contribution in [0.1, 0.15) is 6.92 Å². The van der Waals surface area contributed by atoms with Crippen LogP contribution in [0.5, 0.6) is 0 Å². The zero-order chi connectivity index (χ0) is 8.81. The Hall–Kier alpha value is 0.139. The van der Waals surface area contributed by atoms with Gasteiger partial charge in [0, 0.05) is 0 Å². The number of hydrogen-bond acceptors (Lipinski definition) is 1. The first-order chi connectivity index (χ1) is 5.88. The average molecular weight is 338 g/mol. The van der Waals surface area contributed by atoms with E-state index in [0.717, 1.165) is 5.52 Å². The van der Waals surface area contributed by atoms with Crippen molar-refractivity contribution in [3.8, 4) is 0 Å². The van der Waals surface area contributed by atoms with Crippen molar-refractivity contribution < 1.29 is 0 Å². The molecule has 2 aromatic rings. The summed E-state index contributed by atoms with van der Waals surface area (Å²) in [6.45, 7) is 2.11. The van der Waals surface area contributed by atoms with Gasteiger partial charge in [-0.05, 0) is 4.43 Å². The standard InChI is InChI=1S/C7H5NSe.C2H5I/c1-2-4-7-6(3-1)8-5-9-7;1-2-3/h1-5H;2H2,1H3. The molecule has 0 aliphatic carbocycles. The van der Waals surface area contributed by atoms with Gasteiger partial charge in [-0.3, -0.25) is 0 Å². The molecule has 0 N–H and O–H groups in total. The summed E-state index contributed by atoms with van der Waals surface area (Å²) in [6, 6.07) is 8.29. The van der Waals surface area contributed by atoms with Crippen molar-refractivity contribution in [1.29, 1.82) is 0 Å². The van der Waals surface area contributed by atoms with Crippen LogP contribution in [0.15, 0.2) is 29.3 Å². The molecule has 1 aromatic carbocycles. The summed E-state index contributed by atoms with van der Waals surface area (Å²) >= 11 is 2.80. The van der Waals surface area contributed by atoms with E-state index < -0.39 is 0 Å². The maximum atomic E-state index is 4.20. The SMILES string of the molecule is CCI.c1ccc2[se]cnc2c1. The number of rotatable bonds is 0. The monoisotopic (exact) mass is 339 g/mol. The van der Waals surface area contributed by atoms with Gasteiger partial charge in [-0.1, -0.05) is 29.5 Å².